The van der Waals surface area contributed by atoms with Gasteiger partial charge in [-0.2, -0.15) is 0 Å². The molecule has 0 radical (unpaired) electrons. The number of hydrogen-bond donors (Lipinski definition) is 0. The molecule has 2 aliphatic heterocycles. The van der Waals surface area contributed by atoms with Crippen molar-refractivity contribution in [1.29, 1.82) is 0 Å². The molecule has 3 fully saturated rings. The molecule has 0 bridgehead atoms. The average Bonchev–Trinajstić information content (AvgIpc) is 3.28. The Hall–Kier alpha value is -1.53. The molecule has 0 unspecified atom stereocenters. The smallest absolute Gasteiger partial charge is 0.272 e. The summed E-state index contributed by atoms with van der Waals surface area (Å²) in [7, 11) is 0. The topological polar surface area (TPSA) is 58.6 Å². The maximum atomic E-state index is 12.7. The molecule has 2 atom stereocenters. The Bertz CT molecular complexity index is 607. The first-order valence-corrected chi connectivity index (χ1v) is 9.55. The summed E-state index contributed by atoms with van der Waals surface area (Å²) in [4.78, 5) is 25.3. The third-order valence-electron chi connectivity index (χ3n) is 6.17. The second-order valence-electron chi connectivity index (χ2n) is 7.94. The fraction of sp³-hybridized carbons (Fsp3) is 0.737. The van der Waals surface area contributed by atoms with Crippen molar-refractivity contribution in [2.45, 2.75) is 26.2 Å². The van der Waals surface area contributed by atoms with E-state index in [4.69, 9.17) is 4.74 Å². The minimum Gasteiger partial charge on any atom is -0.381 e. The van der Waals surface area contributed by atoms with E-state index < -0.39 is 0 Å². The summed E-state index contributed by atoms with van der Waals surface area (Å²) in [5.74, 6) is 1.36. The molecular formula is C19H28N4O2. The van der Waals surface area contributed by atoms with E-state index in [2.05, 4.69) is 21.8 Å². The van der Waals surface area contributed by atoms with E-state index in [1.165, 1.54) is 19.2 Å². The number of nitrogens with zero attached hydrogens (tertiary/aromatic N) is 4. The molecule has 1 amide bonds. The van der Waals surface area contributed by atoms with Gasteiger partial charge in [0.25, 0.3) is 5.91 Å². The van der Waals surface area contributed by atoms with Gasteiger partial charge in [-0.15, -0.1) is 0 Å². The molecule has 2 saturated heterocycles. The number of aromatic nitrogens is 2. The molecule has 136 valence electrons. The van der Waals surface area contributed by atoms with Crippen LogP contribution in [0.2, 0.25) is 0 Å². The van der Waals surface area contributed by atoms with Crippen molar-refractivity contribution in [1.82, 2.24) is 19.8 Å². The van der Waals surface area contributed by atoms with E-state index in [1.54, 1.807) is 12.3 Å². The summed E-state index contributed by atoms with van der Waals surface area (Å²) in [6.07, 6.45) is 6.81. The lowest BCUT2D eigenvalue weighted by Gasteiger charge is -2.30. The van der Waals surface area contributed by atoms with Crippen LogP contribution < -0.4 is 0 Å². The Morgan fingerprint density at radius 1 is 1.36 bits per heavy atom. The molecule has 6 nitrogen and oxygen atoms in total. The quantitative estimate of drug-likeness (QED) is 0.786. The maximum Gasteiger partial charge on any atom is 0.272 e. The van der Waals surface area contributed by atoms with Crippen LogP contribution in [0.15, 0.2) is 18.6 Å². The molecule has 0 N–H and O–H groups in total. The van der Waals surface area contributed by atoms with E-state index in [9.17, 15) is 4.79 Å². The van der Waals surface area contributed by atoms with Crippen molar-refractivity contribution >= 4 is 5.91 Å². The van der Waals surface area contributed by atoms with Gasteiger partial charge in [0, 0.05) is 50.3 Å². The largest absolute Gasteiger partial charge is 0.381 e. The van der Waals surface area contributed by atoms with Gasteiger partial charge in [-0.05, 0) is 37.8 Å². The predicted molar refractivity (Wildman–Crippen MR) is 94.1 cm³/mol. The summed E-state index contributed by atoms with van der Waals surface area (Å²) in [5, 5.41) is 0. The number of ether oxygens (including phenoxy) is 1. The summed E-state index contributed by atoms with van der Waals surface area (Å²) in [5.41, 5.74) is 0.682. The SMILES string of the molecule is CCN1C[C@H](COCC2CC2)[C@]2(CCN(C(=O)c3ccncn3)C2)C1. The normalized spacial score (nSPS) is 29.6. The number of rotatable bonds is 6. The van der Waals surface area contributed by atoms with Crippen LogP contribution in [0.5, 0.6) is 0 Å². The summed E-state index contributed by atoms with van der Waals surface area (Å²) < 4.78 is 6.05. The lowest BCUT2D eigenvalue weighted by atomic mass is 9.77. The number of amides is 1. The molecule has 6 heteroatoms. The van der Waals surface area contributed by atoms with E-state index in [0.29, 0.717) is 11.6 Å². The minimum atomic E-state index is 0.0341. The minimum absolute atomic E-state index is 0.0341. The van der Waals surface area contributed by atoms with Gasteiger partial charge in [0.05, 0.1) is 6.61 Å². The van der Waals surface area contributed by atoms with Crippen LogP contribution in [0.3, 0.4) is 0 Å². The van der Waals surface area contributed by atoms with Crippen LogP contribution >= 0.6 is 0 Å². The first kappa shape index (κ1) is 16.9. The highest BCUT2D eigenvalue weighted by Gasteiger charge is 2.51. The standard InChI is InChI=1S/C19H28N4O2/c1-2-22-9-16(11-25-10-15-3-4-15)19(12-22)6-8-23(13-19)18(24)17-5-7-20-14-21-17/h5,7,14-16H,2-4,6,8-13H2,1H3/t16-,19-/m1/s1. The summed E-state index contributed by atoms with van der Waals surface area (Å²) >= 11 is 0. The zero-order valence-electron chi connectivity index (χ0n) is 15.1. The van der Waals surface area contributed by atoms with Gasteiger partial charge in [-0.1, -0.05) is 6.92 Å². The highest BCUT2D eigenvalue weighted by atomic mass is 16.5. The Kier molecular flexibility index (Phi) is 4.73. The highest BCUT2D eigenvalue weighted by Crippen LogP contribution is 2.44. The fourth-order valence-electron chi connectivity index (χ4n) is 4.39. The van der Waals surface area contributed by atoms with Crippen LogP contribution in [-0.2, 0) is 4.74 Å². The molecule has 25 heavy (non-hydrogen) atoms. The van der Waals surface area contributed by atoms with Crippen LogP contribution in [-0.4, -0.2) is 71.6 Å². The van der Waals surface area contributed by atoms with Gasteiger partial charge in [0.1, 0.15) is 12.0 Å². The van der Waals surface area contributed by atoms with Crippen molar-refractivity contribution in [2.24, 2.45) is 17.3 Å². The van der Waals surface area contributed by atoms with Gasteiger partial charge in [0.2, 0.25) is 0 Å². The zero-order valence-corrected chi connectivity index (χ0v) is 15.1. The van der Waals surface area contributed by atoms with Crippen LogP contribution in [0.1, 0.15) is 36.7 Å². The van der Waals surface area contributed by atoms with Gasteiger partial charge in [0.15, 0.2) is 0 Å². The average molecular weight is 344 g/mol. The van der Waals surface area contributed by atoms with Crippen molar-refractivity contribution in [2.75, 3.05) is 45.9 Å². The predicted octanol–water partition coefficient (Wildman–Crippen LogP) is 1.69. The summed E-state index contributed by atoms with van der Waals surface area (Å²) in [6, 6.07) is 1.70. The Morgan fingerprint density at radius 3 is 2.96 bits per heavy atom. The second-order valence-corrected chi connectivity index (χ2v) is 7.94. The number of hydrogen-bond acceptors (Lipinski definition) is 5. The molecule has 3 aliphatic rings. The third kappa shape index (κ3) is 3.55. The van der Waals surface area contributed by atoms with Crippen molar-refractivity contribution in [3.05, 3.63) is 24.3 Å². The third-order valence-corrected chi connectivity index (χ3v) is 6.17. The second kappa shape index (κ2) is 7.00. The van der Waals surface area contributed by atoms with E-state index in [1.807, 2.05) is 4.90 Å². The molecule has 3 heterocycles. The van der Waals surface area contributed by atoms with Gasteiger partial charge in [-0.25, -0.2) is 9.97 Å². The Morgan fingerprint density at radius 2 is 2.24 bits per heavy atom. The lowest BCUT2D eigenvalue weighted by Crippen LogP contribution is -2.38. The van der Waals surface area contributed by atoms with Gasteiger partial charge in [-0.3, -0.25) is 4.79 Å². The molecular weight excluding hydrogens is 316 g/mol. The van der Waals surface area contributed by atoms with E-state index in [-0.39, 0.29) is 11.3 Å². The Balaban J connectivity index is 1.42. The van der Waals surface area contributed by atoms with Crippen molar-refractivity contribution in [3.8, 4) is 0 Å². The van der Waals surface area contributed by atoms with Crippen LogP contribution in [0.25, 0.3) is 0 Å². The Labute approximate surface area is 149 Å². The molecule has 1 aliphatic carbocycles. The van der Waals surface area contributed by atoms with E-state index in [0.717, 1.165) is 58.3 Å². The molecule has 1 aromatic rings. The van der Waals surface area contributed by atoms with E-state index >= 15 is 0 Å². The first-order valence-electron chi connectivity index (χ1n) is 9.55. The van der Waals surface area contributed by atoms with Gasteiger partial charge >= 0.3 is 0 Å². The maximum absolute atomic E-state index is 12.7. The molecule has 1 spiro atoms. The monoisotopic (exact) mass is 344 g/mol. The number of carbonyl (C=O) groups excluding carboxylic acids is 1. The molecule has 4 rings (SSSR count). The molecule has 0 aromatic carbocycles. The lowest BCUT2D eigenvalue weighted by molar-refractivity contribution is 0.0528. The number of carbonyl (C=O) groups is 1. The molecule has 1 aromatic heterocycles. The highest BCUT2D eigenvalue weighted by molar-refractivity contribution is 5.92. The molecule has 1 saturated carbocycles. The van der Waals surface area contributed by atoms with Crippen LogP contribution in [0.4, 0.5) is 0 Å². The van der Waals surface area contributed by atoms with Gasteiger partial charge < -0.3 is 14.5 Å². The first-order chi connectivity index (χ1) is 12.2. The zero-order chi connectivity index (χ0) is 17.3. The summed E-state index contributed by atoms with van der Waals surface area (Å²) in [6.45, 7) is 8.86. The van der Waals surface area contributed by atoms with Crippen LogP contribution in [0, 0.1) is 17.3 Å². The number of likely N-dealkylation sites (tertiary alicyclic amines) is 2. The van der Waals surface area contributed by atoms with Crippen molar-refractivity contribution in [3.63, 3.8) is 0 Å². The fourth-order valence-corrected chi connectivity index (χ4v) is 4.39. The van der Waals surface area contributed by atoms with Crippen molar-refractivity contribution < 1.29 is 9.53 Å².